The number of nitrogens with one attached hydrogen (secondary N) is 1. The van der Waals surface area contributed by atoms with E-state index in [2.05, 4.69) is 5.43 Å². The van der Waals surface area contributed by atoms with Crippen LogP contribution < -0.4 is 11.3 Å². The molecule has 1 fully saturated rings. The maximum Gasteiger partial charge on any atom is 0.169 e. The summed E-state index contributed by atoms with van der Waals surface area (Å²) in [6.45, 7) is 0. The molecular formula is C13H15FN2OS. The van der Waals surface area contributed by atoms with Crippen LogP contribution in [-0.2, 0) is 0 Å². The van der Waals surface area contributed by atoms with Crippen molar-refractivity contribution in [2.24, 2.45) is 5.84 Å². The maximum absolute atomic E-state index is 13.6. The third kappa shape index (κ3) is 2.02. The van der Waals surface area contributed by atoms with Crippen molar-refractivity contribution in [2.45, 2.75) is 24.1 Å². The molecule has 2 unspecified atom stereocenters. The number of furan rings is 1. The maximum atomic E-state index is 13.6. The number of para-hydroxylation sites is 1. The SMILES string of the molecule is NNC(c1cc2cccc(F)c2o1)C1CCCS1. The third-order valence-corrected chi connectivity index (χ3v) is 4.80. The molecule has 1 aliphatic heterocycles. The first kappa shape index (κ1) is 12.0. The molecule has 0 radical (unpaired) electrons. The van der Waals surface area contributed by atoms with E-state index in [-0.39, 0.29) is 11.9 Å². The fourth-order valence-corrected chi connectivity index (χ4v) is 3.81. The number of hydrazine groups is 1. The van der Waals surface area contributed by atoms with Crippen LogP contribution in [0.4, 0.5) is 4.39 Å². The predicted octanol–water partition coefficient (Wildman–Crippen LogP) is 2.97. The Morgan fingerprint density at radius 3 is 3.06 bits per heavy atom. The molecule has 1 aliphatic rings. The van der Waals surface area contributed by atoms with Gasteiger partial charge in [0.15, 0.2) is 11.4 Å². The number of hydrogen-bond donors (Lipinski definition) is 2. The zero-order valence-corrected chi connectivity index (χ0v) is 10.7. The van der Waals surface area contributed by atoms with Crippen LogP contribution in [-0.4, -0.2) is 11.0 Å². The molecule has 0 saturated carbocycles. The standard InChI is InChI=1S/C13H15FN2OS/c14-9-4-1-3-8-7-10(17-13(8)9)12(16-15)11-5-2-6-18-11/h1,3-4,7,11-12,16H,2,5-6,15H2. The highest BCUT2D eigenvalue weighted by Gasteiger charge is 2.29. The third-order valence-electron chi connectivity index (χ3n) is 3.34. The smallest absolute Gasteiger partial charge is 0.169 e. The molecule has 0 bridgehead atoms. The minimum Gasteiger partial charge on any atom is -0.456 e. The number of benzene rings is 1. The molecule has 2 heterocycles. The van der Waals surface area contributed by atoms with Gasteiger partial charge >= 0.3 is 0 Å². The first-order valence-corrected chi connectivity index (χ1v) is 7.10. The summed E-state index contributed by atoms with van der Waals surface area (Å²) in [6.07, 6.45) is 2.31. The average molecular weight is 266 g/mol. The largest absolute Gasteiger partial charge is 0.456 e. The van der Waals surface area contributed by atoms with E-state index < -0.39 is 0 Å². The minimum atomic E-state index is -0.325. The molecule has 1 saturated heterocycles. The molecule has 1 aromatic heterocycles. The van der Waals surface area contributed by atoms with Gasteiger partial charge in [-0.15, -0.1) is 0 Å². The van der Waals surface area contributed by atoms with Crippen molar-refractivity contribution in [3.05, 3.63) is 35.8 Å². The Balaban J connectivity index is 1.99. The van der Waals surface area contributed by atoms with E-state index in [1.807, 2.05) is 23.9 Å². The van der Waals surface area contributed by atoms with Crippen molar-refractivity contribution in [2.75, 3.05) is 5.75 Å². The molecule has 18 heavy (non-hydrogen) atoms. The number of thioether (sulfide) groups is 1. The molecule has 3 nitrogen and oxygen atoms in total. The van der Waals surface area contributed by atoms with Gasteiger partial charge < -0.3 is 4.42 Å². The lowest BCUT2D eigenvalue weighted by Gasteiger charge is -2.19. The monoisotopic (exact) mass is 266 g/mol. The zero-order chi connectivity index (χ0) is 12.5. The Labute approximate surface area is 109 Å². The summed E-state index contributed by atoms with van der Waals surface area (Å²) in [5.74, 6) is 7.17. The van der Waals surface area contributed by atoms with Crippen molar-refractivity contribution < 1.29 is 8.81 Å². The van der Waals surface area contributed by atoms with Crippen LogP contribution in [0, 0.1) is 5.82 Å². The summed E-state index contributed by atoms with van der Waals surface area (Å²) in [7, 11) is 0. The van der Waals surface area contributed by atoms with Crippen LogP contribution in [0.2, 0.25) is 0 Å². The van der Waals surface area contributed by atoms with Gasteiger partial charge in [-0.25, -0.2) is 9.82 Å². The minimum absolute atomic E-state index is 0.0516. The quantitative estimate of drug-likeness (QED) is 0.662. The van der Waals surface area contributed by atoms with Gasteiger partial charge in [-0.05, 0) is 30.7 Å². The number of halogens is 1. The summed E-state index contributed by atoms with van der Waals surface area (Å²) in [5, 5.41) is 1.19. The van der Waals surface area contributed by atoms with Crippen LogP contribution in [0.25, 0.3) is 11.0 Å². The van der Waals surface area contributed by atoms with Crippen LogP contribution >= 0.6 is 11.8 Å². The zero-order valence-electron chi connectivity index (χ0n) is 9.86. The molecule has 3 N–H and O–H groups in total. The van der Waals surface area contributed by atoms with Crippen LogP contribution in [0.3, 0.4) is 0 Å². The predicted molar refractivity (Wildman–Crippen MR) is 71.7 cm³/mol. The van der Waals surface area contributed by atoms with Crippen molar-refractivity contribution in [3.63, 3.8) is 0 Å². The van der Waals surface area contributed by atoms with Gasteiger partial charge in [-0.1, -0.05) is 12.1 Å². The van der Waals surface area contributed by atoms with Gasteiger partial charge in [-0.3, -0.25) is 5.84 Å². The molecule has 3 rings (SSSR count). The molecular weight excluding hydrogens is 251 g/mol. The summed E-state index contributed by atoms with van der Waals surface area (Å²) >= 11 is 1.89. The normalized spacial score (nSPS) is 21.6. The van der Waals surface area contributed by atoms with E-state index in [4.69, 9.17) is 10.3 Å². The molecule has 0 amide bonds. The average Bonchev–Trinajstić information content (AvgIpc) is 3.00. The van der Waals surface area contributed by atoms with Gasteiger partial charge in [0.25, 0.3) is 0 Å². The lowest BCUT2D eigenvalue weighted by atomic mass is 10.1. The number of nitrogens with two attached hydrogens (primary N) is 1. The second-order valence-corrected chi connectivity index (χ2v) is 5.85. The molecule has 0 aliphatic carbocycles. The first-order valence-electron chi connectivity index (χ1n) is 6.05. The second-order valence-electron chi connectivity index (χ2n) is 4.50. The van der Waals surface area contributed by atoms with E-state index in [1.54, 1.807) is 6.07 Å². The van der Waals surface area contributed by atoms with Crippen LogP contribution in [0.1, 0.15) is 24.6 Å². The number of fused-ring (bicyclic) bond motifs is 1. The summed E-state index contributed by atoms with van der Waals surface area (Å²) in [5.41, 5.74) is 3.12. The molecule has 5 heteroatoms. The fraction of sp³-hybridized carbons (Fsp3) is 0.385. The molecule has 0 spiro atoms. The highest BCUT2D eigenvalue weighted by atomic mass is 32.2. The number of hydrogen-bond acceptors (Lipinski definition) is 4. The van der Waals surface area contributed by atoms with Gasteiger partial charge in [0, 0.05) is 10.6 Å². The Kier molecular flexibility index (Phi) is 3.28. The summed E-state index contributed by atoms with van der Waals surface area (Å²) in [6, 6.07) is 6.77. The molecule has 2 atom stereocenters. The molecule has 1 aromatic carbocycles. The van der Waals surface area contributed by atoms with Gasteiger partial charge in [0.2, 0.25) is 0 Å². The summed E-state index contributed by atoms with van der Waals surface area (Å²) in [4.78, 5) is 0. The van der Waals surface area contributed by atoms with Crippen molar-refractivity contribution in [3.8, 4) is 0 Å². The highest BCUT2D eigenvalue weighted by Crippen LogP contribution is 2.37. The first-order chi connectivity index (χ1) is 8.79. The Hall–Kier alpha value is -1.04. The Bertz CT molecular complexity index is 551. The van der Waals surface area contributed by atoms with Crippen molar-refractivity contribution in [1.29, 1.82) is 0 Å². The van der Waals surface area contributed by atoms with Crippen LogP contribution in [0.5, 0.6) is 0 Å². The highest BCUT2D eigenvalue weighted by molar-refractivity contribution is 8.00. The second kappa shape index (κ2) is 4.91. The lowest BCUT2D eigenvalue weighted by molar-refractivity contribution is 0.415. The lowest BCUT2D eigenvalue weighted by Crippen LogP contribution is -2.33. The van der Waals surface area contributed by atoms with Crippen LogP contribution in [0.15, 0.2) is 28.7 Å². The van der Waals surface area contributed by atoms with Gasteiger partial charge in [0.05, 0.1) is 6.04 Å². The van der Waals surface area contributed by atoms with Crippen molar-refractivity contribution >= 4 is 22.7 Å². The summed E-state index contributed by atoms with van der Waals surface area (Å²) < 4.78 is 19.2. The van der Waals surface area contributed by atoms with E-state index in [0.29, 0.717) is 10.8 Å². The molecule has 96 valence electrons. The van der Waals surface area contributed by atoms with E-state index in [9.17, 15) is 4.39 Å². The Morgan fingerprint density at radius 2 is 2.39 bits per heavy atom. The fourth-order valence-electron chi connectivity index (χ4n) is 2.44. The van der Waals surface area contributed by atoms with Gasteiger partial charge in [-0.2, -0.15) is 11.8 Å². The van der Waals surface area contributed by atoms with E-state index >= 15 is 0 Å². The van der Waals surface area contributed by atoms with E-state index in [1.165, 1.54) is 12.5 Å². The van der Waals surface area contributed by atoms with E-state index in [0.717, 1.165) is 23.3 Å². The Morgan fingerprint density at radius 1 is 1.50 bits per heavy atom. The van der Waals surface area contributed by atoms with Crippen molar-refractivity contribution in [1.82, 2.24) is 5.43 Å². The molecule has 2 aromatic rings. The van der Waals surface area contributed by atoms with Gasteiger partial charge in [0.1, 0.15) is 5.76 Å². The topological polar surface area (TPSA) is 51.2 Å². The number of rotatable bonds is 3.